The summed E-state index contributed by atoms with van der Waals surface area (Å²) in [6, 6.07) is 5.41. The molecule has 0 bridgehead atoms. The van der Waals surface area contributed by atoms with Gasteiger partial charge in [0, 0.05) is 24.2 Å². The summed E-state index contributed by atoms with van der Waals surface area (Å²) in [5, 5.41) is 0. The second-order valence-electron chi connectivity index (χ2n) is 3.93. The first kappa shape index (κ1) is 16.0. The van der Waals surface area contributed by atoms with Crippen LogP contribution in [-0.4, -0.2) is 44.2 Å². The Bertz CT molecular complexity index is 423. The molecule has 1 amide bonds. The van der Waals surface area contributed by atoms with E-state index < -0.39 is 0 Å². The van der Waals surface area contributed by atoms with Gasteiger partial charge in [0.2, 0.25) is 0 Å². The van der Waals surface area contributed by atoms with E-state index in [0.29, 0.717) is 37.6 Å². The number of carbonyl (C=O) groups is 1. The molecule has 0 aliphatic carbocycles. The fourth-order valence-electron chi connectivity index (χ4n) is 1.73. The van der Waals surface area contributed by atoms with Crippen LogP contribution in [0.15, 0.2) is 22.7 Å². The molecule has 0 aromatic heterocycles. The molecule has 0 fully saturated rings. The SMILES string of the molecule is CCOCCN(CC)C(=O)c1ccc(Br)cc1OC. The minimum Gasteiger partial charge on any atom is -0.496 e. The van der Waals surface area contributed by atoms with E-state index >= 15 is 0 Å². The number of likely N-dealkylation sites (N-methyl/N-ethyl adjacent to an activating group) is 1. The average molecular weight is 330 g/mol. The molecular formula is C14H20BrNO3. The van der Waals surface area contributed by atoms with E-state index in [-0.39, 0.29) is 5.91 Å². The quantitative estimate of drug-likeness (QED) is 0.722. The predicted octanol–water partition coefficient (Wildman–Crippen LogP) is 2.96. The molecular weight excluding hydrogens is 310 g/mol. The maximum Gasteiger partial charge on any atom is 0.257 e. The first-order valence-electron chi connectivity index (χ1n) is 6.34. The van der Waals surface area contributed by atoms with Crippen LogP contribution >= 0.6 is 15.9 Å². The lowest BCUT2D eigenvalue weighted by molar-refractivity contribution is 0.0666. The van der Waals surface area contributed by atoms with Gasteiger partial charge in [0.15, 0.2) is 0 Å². The maximum absolute atomic E-state index is 12.4. The zero-order valence-corrected chi connectivity index (χ0v) is 13.2. The minimum absolute atomic E-state index is 0.0356. The number of amides is 1. The molecule has 0 saturated heterocycles. The van der Waals surface area contributed by atoms with Gasteiger partial charge in [-0.25, -0.2) is 0 Å². The molecule has 1 aromatic carbocycles. The predicted molar refractivity (Wildman–Crippen MR) is 78.8 cm³/mol. The van der Waals surface area contributed by atoms with Crippen molar-refractivity contribution in [2.24, 2.45) is 0 Å². The second kappa shape index (κ2) is 8.17. The van der Waals surface area contributed by atoms with Crippen LogP contribution in [0.3, 0.4) is 0 Å². The molecule has 0 heterocycles. The lowest BCUT2D eigenvalue weighted by Crippen LogP contribution is -2.34. The molecule has 0 aliphatic rings. The first-order chi connectivity index (χ1) is 9.13. The molecule has 0 aliphatic heterocycles. The van der Waals surface area contributed by atoms with Crippen molar-refractivity contribution >= 4 is 21.8 Å². The van der Waals surface area contributed by atoms with Crippen molar-refractivity contribution in [1.82, 2.24) is 4.90 Å². The topological polar surface area (TPSA) is 38.8 Å². The van der Waals surface area contributed by atoms with Crippen molar-refractivity contribution in [2.75, 3.05) is 33.4 Å². The van der Waals surface area contributed by atoms with Crippen LogP contribution in [0.1, 0.15) is 24.2 Å². The van der Waals surface area contributed by atoms with Crippen molar-refractivity contribution in [2.45, 2.75) is 13.8 Å². The zero-order chi connectivity index (χ0) is 14.3. The van der Waals surface area contributed by atoms with Gasteiger partial charge in [-0.2, -0.15) is 0 Å². The molecule has 0 N–H and O–H groups in total. The van der Waals surface area contributed by atoms with E-state index in [0.717, 1.165) is 4.47 Å². The largest absolute Gasteiger partial charge is 0.496 e. The van der Waals surface area contributed by atoms with Crippen molar-refractivity contribution in [3.63, 3.8) is 0 Å². The molecule has 1 aromatic rings. The third-order valence-corrected chi connectivity index (χ3v) is 3.27. The van der Waals surface area contributed by atoms with Crippen LogP contribution in [0.5, 0.6) is 5.75 Å². The molecule has 0 saturated carbocycles. The van der Waals surface area contributed by atoms with E-state index in [1.54, 1.807) is 24.1 Å². The van der Waals surface area contributed by atoms with Gasteiger partial charge in [-0.1, -0.05) is 15.9 Å². The summed E-state index contributed by atoms with van der Waals surface area (Å²) in [7, 11) is 1.56. The highest BCUT2D eigenvalue weighted by Gasteiger charge is 2.18. The Kier molecular flexibility index (Phi) is 6.87. The number of hydrogen-bond donors (Lipinski definition) is 0. The summed E-state index contributed by atoms with van der Waals surface area (Å²) < 4.78 is 11.4. The summed E-state index contributed by atoms with van der Waals surface area (Å²) >= 11 is 3.37. The van der Waals surface area contributed by atoms with Crippen molar-refractivity contribution in [3.8, 4) is 5.75 Å². The molecule has 5 heteroatoms. The summed E-state index contributed by atoms with van der Waals surface area (Å²) in [4.78, 5) is 14.2. The molecule has 1 rings (SSSR count). The van der Waals surface area contributed by atoms with Crippen LogP contribution in [0, 0.1) is 0 Å². The Morgan fingerprint density at radius 2 is 2.11 bits per heavy atom. The standard InChI is InChI=1S/C14H20BrNO3/c1-4-16(8-9-19-5-2)14(17)12-7-6-11(15)10-13(12)18-3/h6-7,10H,4-5,8-9H2,1-3H3. The molecule has 0 atom stereocenters. The number of carbonyl (C=O) groups excluding carboxylic acids is 1. The maximum atomic E-state index is 12.4. The zero-order valence-electron chi connectivity index (χ0n) is 11.6. The third-order valence-electron chi connectivity index (χ3n) is 2.77. The second-order valence-corrected chi connectivity index (χ2v) is 4.84. The van der Waals surface area contributed by atoms with E-state index in [9.17, 15) is 4.79 Å². The van der Waals surface area contributed by atoms with Crippen molar-refractivity contribution in [3.05, 3.63) is 28.2 Å². The van der Waals surface area contributed by atoms with Crippen LogP contribution < -0.4 is 4.74 Å². The number of ether oxygens (including phenoxy) is 2. The molecule has 0 unspecified atom stereocenters. The molecule has 19 heavy (non-hydrogen) atoms. The molecule has 106 valence electrons. The lowest BCUT2D eigenvalue weighted by Gasteiger charge is -2.21. The van der Waals surface area contributed by atoms with Gasteiger partial charge >= 0.3 is 0 Å². The summed E-state index contributed by atoms with van der Waals surface area (Å²) in [5.41, 5.74) is 0.573. The van der Waals surface area contributed by atoms with Crippen LogP contribution in [0.25, 0.3) is 0 Å². The fraction of sp³-hybridized carbons (Fsp3) is 0.500. The smallest absolute Gasteiger partial charge is 0.257 e. The number of hydrogen-bond acceptors (Lipinski definition) is 3. The van der Waals surface area contributed by atoms with Gasteiger partial charge in [0.1, 0.15) is 5.75 Å². The normalized spacial score (nSPS) is 10.3. The number of benzene rings is 1. The molecule has 0 spiro atoms. The summed E-state index contributed by atoms with van der Waals surface area (Å²) in [5.74, 6) is 0.542. The van der Waals surface area contributed by atoms with E-state index in [4.69, 9.17) is 9.47 Å². The third kappa shape index (κ3) is 4.51. The summed E-state index contributed by atoms with van der Waals surface area (Å²) in [6.07, 6.45) is 0. The van der Waals surface area contributed by atoms with Crippen LogP contribution in [0.4, 0.5) is 0 Å². The Labute approximate surface area is 122 Å². The highest BCUT2D eigenvalue weighted by molar-refractivity contribution is 9.10. The number of halogens is 1. The number of rotatable bonds is 7. The monoisotopic (exact) mass is 329 g/mol. The van der Waals surface area contributed by atoms with Gasteiger partial charge in [-0.05, 0) is 32.0 Å². The fourth-order valence-corrected chi connectivity index (χ4v) is 2.07. The lowest BCUT2D eigenvalue weighted by atomic mass is 10.1. The Balaban J connectivity index is 2.84. The van der Waals surface area contributed by atoms with Crippen molar-refractivity contribution < 1.29 is 14.3 Å². The Morgan fingerprint density at radius 1 is 1.37 bits per heavy atom. The molecule has 4 nitrogen and oxygen atoms in total. The van der Waals surface area contributed by atoms with Gasteiger partial charge in [0.25, 0.3) is 5.91 Å². The van der Waals surface area contributed by atoms with Gasteiger partial charge in [-0.15, -0.1) is 0 Å². The van der Waals surface area contributed by atoms with Gasteiger partial charge in [-0.3, -0.25) is 4.79 Å². The summed E-state index contributed by atoms with van der Waals surface area (Å²) in [6.45, 7) is 6.33. The highest BCUT2D eigenvalue weighted by Crippen LogP contribution is 2.24. The van der Waals surface area contributed by atoms with Crippen LogP contribution in [-0.2, 0) is 4.74 Å². The van der Waals surface area contributed by atoms with E-state index in [2.05, 4.69) is 15.9 Å². The highest BCUT2D eigenvalue weighted by atomic mass is 79.9. The number of nitrogens with zero attached hydrogens (tertiary/aromatic N) is 1. The number of methoxy groups -OCH3 is 1. The molecule has 0 radical (unpaired) electrons. The van der Waals surface area contributed by atoms with E-state index in [1.807, 2.05) is 19.9 Å². The Hall–Kier alpha value is -1.07. The average Bonchev–Trinajstić information content (AvgIpc) is 2.43. The van der Waals surface area contributed by atoms with Crippen molar-refractivity contribution in [1.29, 1.82) is 0 Å². The Morgan fingerprint density at radius 3 is 2.68 bits per heavy atom. The minimum atomic E-state index is -0.0356. The van der Waals surface area contributed by atoms with Gasteiger partial charge < -0.3 is 14.4 Å². The first-order valence-corrected chi connectivity index (χ1v) is 7.13. The van der Waals surface area contributed by atoms with E-state index in [1.165, 1.54) is 0 Å². The van der Waals surface area contributed by atoms with Crippen LogP contribution in [0.2, 0.25) is 0 Å². The van der Waals surface area contributed by atoms with Gasteiger partial charge in [0.05, 0.1) is 19.3 Å².